The van der Waals surface area contributed by atoms with Crippen LogP contribution in [0.4, 0.5) is 0 Å². The molecule has 1 unspecified atom stereocenters. The monoisotopic (exact) mass is 317 g/mol. The van der Waals surface area contributed by atoms with E-state index in [9.17, 15) is 9.59 Å². The molecule has 1 aromatic heterocycles. The van der Waals surface area contributed by atoms with Crippen molar-refractivity contribution >= 4 is 18.6 Å². The van der Waals surface area contributed by atoms with Gasteiger partial charge < -0.3 is 9.64 Å². The third-order valence-corrected chi connectivity index (χ3v) is 3.25. The Bertz CT molecular complexity index is 658. The number of esters is 1. The molecule has 2 N–H and O–H groups in total. The van der Waals surface area contributed by atoms with Gasteiger partial charge in [-0.3, -0.25) is 14.8 Å². The molecule has 0 spiro atoms. The summed E-state index contributed by atoms with van der Waals surface area (Å²) in [6.45, 7) is 7.47. The third-order valence-electron chi connectivity index (χ3n) is 3.25. The number of aryl methyl sites for hydroxylation is 1. The zero-order valence-corrected chi connectivity index (χ0v) is 13.1. The number of rotatable bonds is 5. The summed E-state index contributed by atoms with van der Waals surface area (Å²) < 4.78 is 4.89. The summed E-state index contributed by atoms with van der Waals surface area (Å²) >= 11 is 0. The first-order chi connectivity index (χ1) is 11.0. The molecule has 1 amide bonds. The van der Waals surface area contributed by atoms with Crippen molar-refractivity contribution in [3.63, 3.8) is 0 Å². The van der Waals surface area contributed by atoms with E-state index in [0.717, 1.165) is 16.4 Å². The molecule has 1 aliphatic rings. The van der Waals surface area contributed by atoms with Gasteiger partial charge in [-0.1, -0.05) is 6.07 Å². The van der Waals surface area contributed by atoms with Crippen molar-refractivity contribution in [2.75, 3.05) is 6.61 Å². The molecule has 0 aliphatic carbocycles. The molecule has 1 aromatic rings. The number of amides is 1. The standard InChI is InChI=1S/C15H19N5O3/c1-4-23-14(22)12-9-19(15(17-3)20(16)13(12)21)8-11-7-5-6-10(2)18-11/h5-7,9,15H,3-4,8,16H2,1-2H3. The second-order valence-corrected chi connectivity index (χ2v) is 4.95. The maximum Gasteiger partial charge on any atom is 0.345 e. The quantitative estimate of drug-likeness (QED) is 0.276. The number of pyridine rings is 1. The first kappa shape index (κ1) is 16.6. The van der Waals surface area contributed by atoms with Crippen molar-refractivity contribution in [3.8, 4) is 0 Å². The van der Waals surface area contributed by atoms with Crippen molar-refractivity contribution < 1.29 is 14.3 Å². The Morgan fingerprint density at radius 1 is 1.52 bits per heavy atom. The SMILES string of the molecule is C=NC1N(Cc2cccc(C)n2)C=C(C(=O)OCC)C(=O)N1N. The smallest absolute Gasteiger partial charge is 0.345 e. The fraction of sp³-hybridized carbons (Fsp3) is 0.333. The summed E-state index contributed by atoms with van der Waals surface area (Å²) in [6.07, 6.45) is 0.579. The molecule has 8 heteroatoms. The molecule has 1 atom stereocenters. The lowest BCUT2D eigenvalue weighted by Crippen LogP contribution is -2.56. The van der Waals surface area contributed by atoms with Gasteiger partial charge in [0.05, 0.1) is 18.8 Å². The molecule has 1 aliphatic heterocycles. The molecule has 0 saturated carbocycles. The summed E-state index contributed by atoms with van der Waals surface area (Å²) in [5, 5.41) is 0.856. The second-order valence-electron chi connectivity index (χ2n) is 4.95. The summed E-state index contributed by atoms with van der Waals surface area (Å²) in [5.41, 5.74) is 1.46. The maximum absolute atomic E-state index is 12.2. The lowest BCUT2D eigenvalue weighted by atomic mass is 10.2. The van der Waals surface area contributed by atoms with E-state index in [1.165, 1.54) is 6.20 Å². The zero-order valence-electron chi connectivity index (χ0n) is 13.1. The number of carbonyl (C=O) groups excluding carboxylic acids is 2. The minimum atomic E-state index is -0.817. The molecule has 8 nitrogen and oxygen atoms in total. The normalized spacial score (nSPS) is 17.8. The van der Waals surface area contributed by atoms with Crippen LogP contribution in [0.15, 0.2) is 35.0 Å². The van der Waals surface area contributed by atoms with E-state index in [2.05, 4.69) is 16.7 Å². The fourth-order valence-corrected chi connectivity index (χ4v) is 2.24. The average molecular weight is 317 g/mol. The summed E-state index contributed by atoms with van der Waals surface area (Å²) in [6, 6.07) is 5.59. The van der Waals surface area contributed by atoms with E-state index in [1.807, 2.05) is 25.1 Å². The van der Waals surface area contributed by atoms with Gasteiger partial charge in [0.15, 0.2) is 0 Å². The van der Waals surface area contributed by atoms with Gasteiger partial charge in [-0.05, 0) is 32.7 Å². The molecular weight excluding hydrogens is 298 g/mol. The van der Waals surface area contributed by atoms with Gasteiger partial charge in [0, 0.05) is 11.9 Å². The molecule has 23 heavy (non-hydrogen) atoms. The Morgan fingerprint density at radius 3 is 2.87 bits per heavy atom. The molecule has 2 heterocycles. The highest BCUT2D eigenvalue weighted by Crippen LogP contribution is 2.20. The summed E-state index contributed by atoms with van der Waals surface area (Å²) in [5.74, 6) is 4.39. The van der Waals surface area contributed by atoms with Gasteiger partial charge in [0.25, 0.3) is 5.91 Å². The number of ether oxygens (including phenoxy) is 1. The van der Waals surface area contributed by atoms with Gasteiger partial charge in [0.1, 0.15) is 5.57 Å². The molecule has 0 fully saturated rings. The Morgan fingerprint density at radius 2 is 2.26 bits per heavy atom. The van der Waals surface area contributed by atoms with Crippen LogP contribution < -0.4 is 5.84 Å². The highest BCUT2D eigenvalue weighted by molar-refractivity contribution is 6.16. The Kier molecular flexibility index (Phi) is 5.07. The number of carbonyl (C=O) groups is 2. The molecule has 0 saturated heterocycles. The molecule has 0 radical (unpaired) electrons. The highest BCUT2D eigenvalue weighted by atomic mass is 16.5. The fourth-order valence-electron chi connectivity index (χ4n) is 2.24. The van der Waals surface area contributed by atoms with Crippen molar-refractivity contribution in [2.45, 2.75) is 26.7 Å². The van der Waals surface area contributed by atoms with Gasteiger partial charge in [-0.15, -0.1) is 0 Å². The Labute approximate surface area is 134 Å². The first-order valence-electron chi connectivity index (χ1n) is 7.09. The van der Waals surface area contributed by atoms with Gasteiger partial charge in [-0.25, -0.2) is 15.6 Å². The molecule has 0 aromatic carbocycles. The van der Waals surface area contributed by atoms with Gasteiger partial charge in [0.2, 0.25) is 6.29 Å². The van der Waals surface area contributed by atoms with Crippen LogP contribution in [-0.2, 0) is 20.9 Å². The number of hydrogen-bond acceptors (Lipinski definition) is 7. The minimum absolute atomic E-state index is 0.151. The number of hydrazine groups is 1. The van der Waals surface area contributed by atoms with E-state index in [4.69, 9.17) is 10.6 Å². The predicted molar refractivity (Wildman–Crippen MR) is 83.6 cm³/mol. The van der Waals surface area contributed by atoms with Crippen LogP contribution in [-0.4, -0.2) is 46.4 Å². The van der Waals surface area contributed by atoms with Crippen LogP contribution in [0.2, 0.25) is 0 Å². The number of hydrogen-bond donors (Lipinski definition) is 1. The predicted octanol–water partition coefficient (Wildman–Crippen LogP) is 0.339. The van der Waals surface area contributed by atoms with Gasteiger partial charge in [-0.2, -0.15) is 0 Å². The van der Waals surface area contributed by atoms with Crippen molar-refractivity contribution in [3.05, 3.63) is 41.4 Å². The van der Waals surface area contributed by atoms with Crippen LogP contribution in [0.25, 0.3) is 0 Å². The average Bonchev–Trinajstić information content (AvgIpc) is 2.51. The maximum atomic E-state index is 12.2. The molecule has 122 valence electrons. The highest BCUT2D eigenvalue weighted by Gasteiger charge is 2.36. The number of nitrogens with two attached hydrogens (primary N) is 1. The Hall–Kier alpha value is -2.74. The van der Waals surface area contributed by atoms with E-state index in [1.54, 1.807) is 11.8 Å². The lowest BCUT2D eigenvalue weighted by molar-refractivity contribution is -0.145. The molecular formula is C15H19N5O3. The van der Waals surface area contributed by atoms with Crippen molar-refractivity contribution in [2.24, 2.45) is 10.8 Å². The minimum Gasteiger partial charge on any atom is -0.462 e. The molecule has 0 bridgehead atoms. The second kappa shape index (κ2) is 7.01. The molecule has 2 rings (SSSR count). The third kappa shape index (κ3) is 3.54. The van der Waals surface area contributed by atoms with E-state index >= 15 is 0 Å². The topological polar surface area (TPSA) is 101 Å². The van der Waals surface area contributed by atoms with Crippen LogP contribution in [0.5, 0.6) is 0 Å². The first-order valence-corrected chi connectivity index (χ1v) is 7.09. The summed E-state index contributed by atoms with van der Waals surface area (Å²) in [4.78, 5) is 33.9. The lowest BCUT2D eigenvalue weighted by Gasteiger charge is -2.37. The van der Waals surface area contributed by atoms with E-state index < -0.39 is 18.2 Å². The number of nitrogens with zero attached hydrogens (tertiary/aromatic N) is 4. The van der Waals surface area contributed by atoms with Crippen molar-refractivity contribution in [1.82, 2.24) is 14.9 Å². The Balaban J connectivity index is 2.34. The number of aliphatic imine (C=N–C) groups is 1. The van der Waals surface area contributed by atoms with Crippen LogP contribution >= 0.6 is 0 Å². The van der Waals surface area contributed by atoms with Crippen LogP contribution in [0.1, 0.15) is 18.3 Å². The van der Waals surface area contributed by atoms with E-state index in [-0.39, 0.29) is 12.2 Å². The summed E-state index contributed by atoms with van der Waals surface area (Å²) in [7, 11) is 0. The van der Waals surface area contributed by atoms with Crippen molar-refractivity contribution in [1.29, 1.82) is 0 Å². The largest absolute Gasteiger partial charge is 0.462 e. The van der Waals surface area contributed by atoms with Crippen LogP contribution in [0, 0.1) is 6.92 Å². The van der Waals surface area contributed by atoms with E-state index in [0.29, 0.717) is 6.54 Å². The van der Waals surface area contributed by atoms with Gasteiger partial charge >= 0.3 is 5.97 Å². The number of aromatic nitrogens is 1. The van der Waals surface area contributed by atoms with Crippen LogP contribution in [0.3, 0.4) is 0 Å². The zero-order chi connectivity index (χ0) is 17.0.